The zero-order chi connectivity index (χ0) is 13.7. The molecule has 1 unspecified atom stereocenters. The van der Waals surface area contributed by atoms with E-state index < -0.39 is 0 Å². The molecule has 0 bridgehead atoms. The molecular weight excluding hydrogens is 244 g/mol. The summed E-state index contributed by atoms with van der Waals surface area (Å²) in [5.41, 5.74) is 1.60. The van der Waals surface area contributed by atoms with Crippen molar-refractivity contribution in [2.45, 2.75) is 13.0 Å². The van der Waals surface area contributed by atoms with Crippen LogP contribution in [0, 0.1) is 0 Å². The molecule has 100 valence electrons. The SMILES string of the molecule is CC(CO)NC(=O)Nc1ccc(-n2cccn2)cc1. The lowest BCUT2D eigenvalue weighted by Crippen LogP contribution is -2.38. The number of amides is 2. The number of aliphatic hydroxyl groups is 1. The van der Waals surface area contributed by atoms with E-state index in [2.05, 4.69) is 15.7 Å². The third-order valence-corrected chi connectivity index (χ3v) is 2.55. The maximum absolute atomic E-state index is 11.5. The van der Waals surface area contributed by atoms with Gasteiger partial charge in [0, 0.05) is 18.1 Å². The second kappa shape index (κ2) is 6.01. The van der Waals surface area contributed by atoms with Crippen LogP contribution >= 0.6 is 0 Å². The Morgan fingerprint density at radius 3 is 2.74 bits per heavy atom. The molecule has 1 aromatic heterocycles. The Bertz CT molecular complexity index is 522. The maximum Gasteiger partial charge on any atom is 0.319 e. The summed E-state index contributed by atoms with van der Waals surface area (Å²) in [7, 11) is 0. The van der Waals surface area contributed by atoms with Gasteiger partial charge >= 0.3 is 6.03 Å². The molecule has 19 heavy (non-hydrogen) atoms. The first-order chi connectivity index (χ1) is 9.19. The van der Waals surface area contributed by atoms with Gasteiger partial charge in [-0.25, -0.2) is 9.48 Å². The van der Waals surface area contributed by atoms with Gasteiger partial charge in [-0.1, -0.05) is 0 Å². The number of aromatic nitrogens is 2. The first kappa shape index (κ1) is 13.1. The van der Waals surface area contributed by atoms with Gasteiger partial charge in [0.1, 0.15) is 0 Å². The standard InChI is InChI=1S/C13H16N4O2/c1-10(9-18)15-13(19)16-11-3-5-12(6-4-11)17-8-2-7-14-17/h2-8,10,18H,9H2,1H3,(H2,15,16,19). The molecule has 0 fully saturated rings. The molecule has 0 radical (unpaired) electrons. The van der Waals surface area contributed by atoms with Gasteiger partial charge in [-0.3, -0.25) is 0 Å². The predicted octanol–water partition coefficient (Wildman–Crippen LogP) is 1.37. The lowest BCUT2D eigenvalue weighted by molar-refractivity contribution is 0.229. The molecule has 0 spiro atoms. The Labute approximate surface area is 111 Å². The number of benzene rings is 1. The molecular formula is C13H16N4O2. The summed E-state index contributed by atoms with van der Waals surface area (Å²) >= 11 is 0. The number of carbonyl (C=O) groups excluding carboxylic acids is 1. The van der Waals surface area contributed by atoms with Crippen molar-refractivity contribution < 1.29 is 9.90 Å². The van der Waals surface area contributed by atoms with E-state index in [4.69, 9.17) is 5.11 Å². The van der Waals surface area contributed by atoms with Gasteiger partial charge in [0.15, 0.2) is 0 Å². The lowest BCUT2D eigenvalue weighted by Gasteiger charge is -2.12. The summed E-state index contributed by atoms with van der Waals surface area (Å²) in [6, 6.07) is 8.53. The Balaban J connectivity index is 1.97. The van der Waals surface area contributed by atoms with Crippen molar-refractivity contribution >= 4 is 11.7 Å². The van der Waals surface area contributed by atoms with E-state index in [1.807, 2.05) is 24.4 Å². The van der Waals surface area contributed by atoms with Crippen LogP contribution in [0.2, 0.25) is 0 Å². The van der Waals surface area contributed by atoms with Gasteiger partial charge in [-0.15, -0.1) is 0 Å². The summed E-state index contributed by atoms with van der Waals surface area (Å²) in [4.78, 5) is 11.5. The lowest BCUT2D eigenvalue weighted by atomic mass is 10.3. The molecule has 3 N–H and O–H groups in total. The molecule has 6 heteroatoms. The molecule has 1 aromatic carbocycles. The maximum atomic E-state index is 11.5. The van der Waals surface area contributed by atoms with Gasteiger partial charge < -0.3 is 15.7 Å². The highest BCUT2D eigenvalue weighted by Crippen LogP contribution is 2.12. The average Bonchev–Trinajstić information content (AvgIpc) is 2.93. The number of hydrogen-bond donors (Lipinski definition) is 3. The van der Waals surface area contributed by atoms with E-state index in [1.165, 1.54) is 0 Å². The summed E-state index contributed by atoms with van der Waals surface area (Å²) in [5, 5.41) is 18.2. The second-order valence-electron chi connectivity index (χ2n) is 4.18. The summed E-state index contributed by atoms with van der Waals surface area (Å²) in [5.74, 6) is 0. The molecule has 2 rings (SSSR count). The number of rotatable bonds is 4. The van der Waals surface area contributed by atoms with Gasteiger partial charge in [0.2, 0.25) is 0 Å². The van der Waals surface area contributed by atoms with Crippen molar-refractivity contribution in [1.29, 1.82) is 0 Å². The van der Waals surface area contributed by atoms with Crippen LogP contribution < -0.4 is 10.6 Å². The van der Waals surface area contributed by atoms with Gasteiger partial charge in [0.25, 0.3) is 0 Å². The number of urea groups is 1. The van der Waals surface area contributed by atoms with E-state index in [-0.39, 0.29) is 18.7 Å². The van der Waals surface area contributed by atoms with Crippen LogP contribution in [0.15, 0.2) is 42.7 Å². The zero-order valence-electron chi connectivity index (χ0n) is 10.6. The van der Waals surface area contributed by atoms with Crippen LogP contribution in [0.5, 0.6) is 0 Å². The minimum Gasteiger partial charge on any atom is -0.394 e. The minimum absolute atomic E-state index is 0.0916. The van der Waals surface area contributed by atoms with Crippen LogP contribution in [0.4, 0.5) is 10.5 Å². The zero-order valence-corrected chi connectivity index (χ0v) is 10.6. The first-order valence-electron chi connectivity index (χ1n) is 5.97. The molecule has 1 heterocycles. The van der Waals surface area contributed by atoms with E-state index in [0.717, 1.165) is 5.69 Å². The summed E-state index contributed by atoms with van der Waals surface area (Å²) in [6.07, 6.45) is 3.55. The van der Waals surface area contributed by atoms with Gasteiger partial charge in [-0.2, -0.15) is 5.10 Å². The fourth-order valence-corrected chi connectivity index (χ4v) is 1.56. The van der Waals surface area contributed by atoms with Gasteiger partial charge in [0.05, 0.1) is 18.3 Å². The number of anilines is 1. The monoisotopic (exact) mass is 260 g/mol. The van der Waals surface area contributed by atoms with E-state index in [0.29, 0.717) is 5.69 Å². The minimum atomic E-state index is -0.339. The highest BCUT2D eigenvalue weighted by atomic mass is 16.3. The summed E-state index contributed by atoms with van der Waals surface area (Å²) in [6.45, 7) is 1.63. The average molecular weight is 260 g/mol. The van der Waals surface area contributed by atoms with Crippen molar-refractivity contribution in [3.05, 3.63) is 42.7 Å². The van der Waals surface area contributed by atoms with Crippen LogP contribution in [0.3, 0.4) is 0 Å². The van der Waals surface area contributed by atoms with Crippen LogP contribution in [-0.2, 0) is 0 Å². The fraction of sp³-hybridized carbons (Fsp3) is 0.231. The number of aliphatic hydroxyl groups excluding tert-OH is 1. The molecule has 0 aliphatic carbocycles. The van der Waals surface area contributed by atoms with Crippen LogP contribution in [-0.4, -0.2) is 33.6 Å². The van der Waals surface area contributed by atoms with Crippen molar-refractivity contribution in [2.24, 2.45) is 0 Å². The molecule has 2 amide bonds. The third kappa shape index (κ3) is 3.56. The van der Waals surface area contributed by atoms with Crippen molar-refractivity contribution in [1.82, 2.24) is 15.1 Å². The Morgan fingerprint density at radius 2 is 2.16 bits per heavy atom. The molecule has 0 aliphatic rings. The Morgan fingerprint density at radius 1 is 1.42 bits per heavy atom. The van der Waals surface area contributed by atoms with Gasteiger partial charge in [-0.05, 0) is 37.3 Å². The molecule has 6 nitrogen and oxygen atoms in total. The number of nitrogens with zero attached hydrogens (tertiary/aromatic N) is 2. The fourth-order valence-electron chi connectivity index (χ4n) is 1.56. The van der Waals surface area contributed by atoms with Crippen molar-refractivity contribution in [3.63, 3.8) is 0 Å². The third-order valence-electron chi connectivity index (χ3n) is 2.55. The second-order valence-corrected chi connectivity index (χ2v) is 4.18. The Hall–Kier alpha value is -2.34. The quantitative estimate of drug-likeness (QED) is 0.777. The topological polar surface area (TPSA) is 79.2 Å². The number of nitrogens with one attached hydrogen (secondary N) is 2. The van der Waals surface area contributed by atoms with Crippen molar-refractivity contribution in [3.8, 4) is 5.69 Å². The van der Waals surface area contributed by atoms with Crippen LogP contribution in [0.1, 0.15) is 6.92 Å². The largest absolute Gasteiger partial charge is 0.394 e. The molecule has 0 aliphatic heterocycles. The predicted molar refractivity (Wildman–Crippen MR) is 72.3 cm³/mol. The first-order valence-corrected chi connectivity index (χ1v) is 5.97. The smallest absolute Gasteiger partial charge is 0.319 e. The highest BCUT2D eigenvalue weighted by molar-refractivity contribution is 5.89. The number of carbonyl (C=O) groups is 1. The Kier molecular flexibility index (Phi) is 4.15. The molecule has 0 saturated carbocycles. The number of hydrogen-bond acceptors (Lipinski definition) is 3. The van der Waals surface area contributed by atoms with Crippen LogP contribution in [0.25, 0.3) is 5.69 Å². The molecule has 2 aromatic rings. The van der Waals surface area contributed by atoms with E-state index in [1.54, 1.807) is 29.9 Å². The highest BCUT2D eigenvalue weighted by Gasteiger charge is 2.06. The van der Waals surface area contributed by atoms with E-state index in [9.17, 15) is 4.79 Å². The van der Waals surface area contributed by atoms with E-state index >= 15 is 0 Å². The van der Waals surface area contributed by atoms with Crippen molar-refractivity contribution in [2.75, 3.05) is 11.9 Å². The molecule has 1 atom stereocenters. The summed E-state index contributed by atoms with van der Waals surface area (Å²) < 4.78 is 1.73. The normalized spacial score (nSPS) is 11.9. The molecule has 0 saturated heterocycles.